The second-order valence-corrected chi connectivity index (χ2v) is 5.81. The first-order valence-corrected chi connectivity index (χ1v) is 6.89. The lowest BCUT2D eigenvalue weighted by Gasteiger charge is -2.02. The lowest BCUT2D eigenvalue weighted by atomic mass is 10.2. The summed E-state index contributed by atoms with van der Waals surface area (Å²) in [5.74, 6) is -1.15. The highest BCUT2D eigenvalue weighted by molar-refractivity contribution is 7.90. The summed E-state index contributed by atoms with van der Waals surface area (Å²) in [7, 11) is -3.62. The van der Waals surface area contributed by atoms with Crippen LogP contribution in [-0.2, 0) is 15.6 Å². The average Bonchev–Trinajstić information content (AvgIpc) is 2.74. The second kappa shape index (κ2) is 4.81. The van der Waals surface area contributed by atoms with E-state index in [4.69, 9.17) is 9.63 Å². The minimum Gasteiger partial charge on any atom is -0.478 e. The molecule has 19 heavy (non-hydrogen) atoms. The molecule has 1 N–H and O–H groups in total. The fraction of sp³-hybridized carbons (Fsp3) is 0.182. The molecule has 7 nitrogen and oxygen atoms in total. The van der Waals surface area contributed by atoms with Gasteiger partial charge in [-0.05, 0) is 24.3 Å². The molecular formula is C11H10N2O5S. The van der Waals surface area contributed by atoms with Gasteiger partial charge < -0.3 is 9.63 Å². The Balaban J connectivity index is 2.26. The number of carboxylic acid groups (broad SMARTS) is 1. The topological polar surface area (TPSA) is 110 Å². The summed E-state index contributed by atoms with van der Waals surface area (Å²) in [5.41, 5.74) is 0.0226. The largest absolute Gasteiger partial charge is 0.478 e. The lowest BCUT2D eigenvalue weighted by molar-refractivity contribution is 0.0696. The Hall–Kier alpha value is -2.22. The van der Waals surface area contributed by atoms with Gasteiger partial charge >= 0.3 is 5.97 Å². The van der Waals surface area contributed by atoms with E-state index in [9.17, 15) is 13.2 Å². The number of carbonyl (C=O) groups is 1. The fourth-order valence-corrected chi connectivity index (χ4v) is 2.63. The van der Waals surface area contributed by atoms with Crippen molar-refractivity contribution in [2.24, 2.45) is 0 Å². The van der Waals surface area contributed by atoms with Crippen molar-refractivity contribution < 1.29 is 22.8 Å². The summed E-state index contributed by atoms with van der Waals surface area (Å²) in [6, 6.07) is 4.95. The molecule has 8 heteroatoms. The third-order valence-corrected chi connectivity index (χ3v) is 3.98. The predicted molar refractivity (Wildman–Crippen MR) is 63.3 cm³/mol. The van der Waals surface area contributed by atoms with Gasteiger partial charge in [0.1, 0.15) is 5.75 Å². The quantitative estimate of drug-likeness (QED) is 0.892. The summed E-state index contributed by atoms with van der Waals surface area (Å²) >= 11 is 0. The van der Waals surface area contributed by atoms with Gasteiger partial charge in [-0.2, -0.15) is 4.98 Å². The van der Waals surface area contributed by atoms with Gasteiger partial charge in [0.15, 0.2) is 15.7 Å². The second-order valence-electron chi connectivity index (χ2n) is 3.82. The van der Waals surface area contributed by atoms with Gasteiger partial charge in [0.25, 0.3) is 0 Å². The van der Waals surface area contributed by atoms with Crippen LogP contribution in [0.1, 0.15) is 22.1 Å². The van der Waals surface area contributed by atoms with E-state index in [-0.39, 0.29) is 22.2 Å². The van der Waals surface area contributed by atoms with Crippen molar-refractivity contribution in [1.82, 2.24) is 10.1 Å². The zero-order valence-corrected chi connectivity index (χ0v) is 10.7. The summed E-state index contributed by atoms with van der Waals surface area (Å²) in [6.45, 7) is 1.56. The molecule has 0 amide bonds. The molecule has 1 aromatic carbocycles. The van der Waals surface area contributed by atoms with Crippen LogP contribution in [0.25, 0.3) is 0 Å². The maximum Gasteiger partial charge on any atom is 0.335 e. The van der Waals surface area contributed by atoms with Crippen LogP contribution in [0.2, 0.25) is 0 Å². The van der Waals surface area contributed by atoms with Crippen LogP contribution in [0.4, 0.5) is 0 Å². The first-order chi connectivity index (χ1) is 8.88. The van der Waals surface area contributed by atoms with Crippen molar-refractivity contribution in [3.05, 3.63) is 41.5 Å². The minimum atomic E-state index is -3.62. The Morgan fingerprint density at radius 3 is 2.42 bits per heavy atom. The van der Waals surface area contributed by atoms with Crippen LogP contribution < -0.4 is 0 Å². The van der Waals surface area contributed by atoms with Crippen molar-refractivity contribution >= 4 is 15.8 Å². The lowest BCUT2D eigenvalue weighted by Crippen LogP contribution is -2.07. The summed E-state index contributed by atoms with van der Waals surface area (Å²) in [6.07, 6.45) is 0. The molecule has 0 aliphatic heterocycles. The molecule has 1 aromatic heterocycles. The molecule has 2 rings (SSSR count). The standard InChI is InChI=1S/C11H10N2O5S/c1-7-12-10(13-18-7)6-19(16,17)9-4-2-8(3-5-9)11(14)15/h2-5H,6H2,1H3,(H,14,15). The maximum absolute atomic E-state index is 12.0. The van der Waals surface area contributed by atoms with Crippen molar-refractivity contribution in [2.75, 3.05) is 0 Å². The van der Waals surface area contributed by atoms with Crippen LogP contribution >= 0.6 is 0 Å². The molecular weight excluding hydrogens is 272 g/mol. The Morgan fingerprint density at radius 1 is 1.32 bits per heavy atom. The van der Waals surface area contributed by atoms with Crippen LogP contribution in [0.5, 0.6) is 0 Å². The molecule has 2 aromatic rings. The highest BCUT2D eigenvalue weighted by Crippen LogP contribution is 2.16. The molecule has 0 saturated heterocycles. The molecule has 0 bridgehead atoms. The third-order valence-electron chi connectivity index (χ3n) is 2.35. The minimum absolute atomic E-state index is 0.0138. The van der Waals surface area contributed by atoms with Crippen LogP contribution in [0.3, 0.4) is 0 Å². The molecule has 0 radical (unpaired) electrons. The van der Waals surface area contributed by atoms with Gasteiger partial charge in [-0.15, -0.1) is 0 Å². The van der Waals surface area contributed by atoms with E-state index in [1.54, 1.807) is 6.92 Å². The molecule has 0 aliphatic carbocycles. The summed E-state index contributed by atoms with van der Waals surface area (Å²) in [4.78, 5) is 14.5. The Bertz CT molecular complexity index is 703. The number of aryl methyl sites for hydroxylation is 1. The zero-order valence-electron chi connectivity index (χ0n) is 9.90. The molecule has 0 saturated carbocycles. The number of benzene rings is 1. The van der Waals surface area contributed by atoms with Crippen LogP contribution in [-0.4, -0.2) is 29.6 Å². The van der Waals surface area contributed by atoms with E-state index in [0.717, 1.165) is 0 Å². The fourth-order valence-electron chi connectivity index (χ4n) is 1.46. The molecule has 0 unspecified atom stereocenters. The van der Waals surface area contributed by atoms with Gasteiger partial charge in [0, 0.05) is 6.92 Å². The number of nitrogens with zero attached hydrogens (tertiary/aromatic N) is 2. The van der Waals surface area contributed by atoms with Gasteiger partial charge in [0.2, 0.25) is 5.89 Å². The third kappa shape index (κ3) is 2.97. The van der Waals surface area contributed by atoms with E-state index in [1.165, 1.54) is 24.3 Å². The monoisotopic (exact) mass is 282 g/mol. The highest BCUT2D eigenvalue weighted by atomic mass is 32.2. The van der Waals surface area contributed by atoms with E-state index in [2.05, 4.69) is 10.1 Å². The van der Waals surface area contributed by atoms with Crippen molar-refractivity contribution in [2.45, 2.75) is 17.6 Å². The Labute approximate surface area is 108 Å². The first kappa shape index (κ1) is 13.2. The number of hydrogen-bond acceptors (Lipinski definition) is 6. The number of hydrogen-bond donors (Lipinski definition) is 1. The molecule has 0 aliphatic rings. The molecule has 0 fully saturated rings. The van der Waals surface area contributed by atoms with Crippen molar-refractivity contribution in [3.63, 3.8) is 0 Å². The van der Waals surface area contributed by atoms with E-state index < -0.39 is 21.6 Å². The first-order valence-electron chi connectivity index (χ1n) is 5.24. The number of carboxylic acids is 1. The van der Waals surface area contributed by atoms with Crippen LogP contribution in [0.15, 0.2) is 33.7 Å². The van der Waals surface area contributed by atoms with Crippen molar-refractivity contribution in [3.8, 4) is 0 Å². The molecule has 1 heterocycles. The van der Waals surface area contributed by atoms with E-state index >= 15 is 0 Å². The number of sulfone groups is 1. The van der Waals surface area contributed by atoms with E-state index in [1.807, 2.05) is 0 Å². The van der Waals surface area contributed by atoms with Gasteiger partial charge in [-0.25, -0.2) is 13.2 Å². The van der Waals surface area contributed by atoms with E-state index in [0.29, 0.717) is 0 Å². The molecule has 0 spiro atoms. The zero-order chi connectivity index (χ0) is 14.0. The van der Waals surface area contributed by atoms with Crippen LogP contribution in [0, 0.1) is 6.92 Å². The number of aromatic carboxylic acids is 1. The highest BCUT2D eigenvalue weighted by Gasteiger charge is 2.19. The molecule has 0 atom stereocenters. The smallest absolute Gasteiger partial charge is 0.335 e. The average molecular weight is 282 g/mol. The maximum atomic E-state index is 12.0. The summed E-state index contributed by atoms with van der Waals surface area (Å²) < 4.78 is 28.7. The number of aromatic nitrogens is 2. The molecule has 100 valence electrons. The summed E-state index contributed by atoms with van der Waals surface area (Å²) in [5, 5.41) is 12.2. The Morgan fingerprint density at radius 2 is 1.95 bits per heavy atom. The van der Waals surface area contributed by atoms with Gasteiger partial charge in [0.05, 0.1) is 10.5 Å². The van der Waals surface area contributed by atoms with Gasteiger partial charge in [-0.1, -0.05) is 5.16 Å². The normalized spacial score (nSPS) is 11.4. The van der Waals surface area contributed by atoms with Crippen molar-refractivity contribution in [1.29, 1.82) is 0 Å². The predicted octanol–water partition coefficient (Wildman–Crippen LogP) is 1.05. The SMILES string of the molecule is Cc1nc(CS(=O)(=O)c2ccc(C(=O)O)cc2)no1. The number of rotatable bonds is 4. The van der Waals surface area contributed by atoms with Gasteiger partial charge in [-0.3, -0.25) is 0 Å². The Kier molecular flexibility index (Phi) is 3.34.